The largest absolute Gasteiger partial charge is 0.493 e. The summed E-state index contributed by atoms with van der Waals surface area (Å²) in [6.07, 6.45) is 0.674. The number of amides is 1. The highest BCUT2D eigenvalue weighted by molar-refractivity contribution is 5.95. The molecule has 1 amide bonds. The highest BCUT2D eigenvalue weighted by Gasteiger charge is 2.33. The number of hydrogen-bond donors (Lipinski definition) is 0. The third-order valence-corrected chi connectivity index (χ3v) is 7.19. The van der Waals surface area contributed by atoms with E-state index in [2.05, 4.69) is 0 Å². The van der Waals surface area contributed by atoms with Crippen molar-refractivity contribution in [2.24, 2.45) is 0 Å². The van der Waals surface area contributed by atoms with Crippen molar-refractivity contribution >= 4 is 11.9 Å². The fourth-order valence-electron chi connectivity index (χ4n) is 5.03. The number of nitrogens with zero attached hydrogens (tertiary/aromatic N) is 1. The van der Waals surface area contributed by atoms with Crippen LogP contribution in [0.2, 0.25) is 0 Å². The summed E-state index contributed by atoms with van der Waals surface area (Å²) in [6, 6.07) is 28.1. The molecule has 40 heavy (non-hydrogen) atoms. The molecule has 1 atom stereocenters. The smallest absolute Gasteiger partial charge is 0.337 e. The molecular formula is C33H31NO6. The topological polar surface area (TPSA) is 74.3 Å². The van der Waals surface area contributed by atoms with Crippen molar-refractivity contribution in [3.63, 3.8) is 0 Å². The second kappa shape index (κ2) is 11.9. The molecule has 4 aromatic rings. The molecule has 7 heteroatoms. The average Bonchev–Trinajstić information content (AvgIpc) is 3.02. The van der Waals surface area contributed by atoms with Crippen molar-refractivity contribution in [2.75, 3.05) is 34.5 Å². The number of methoxy groups -OCH3 is 3. The van der Waals surface area contributed by atoms with Crippen molar-refractivity contribution in [3.05, 3.63) is 113 Å². The molecule has 0 saturated heterocycles. The molecule has 1 heterocycles. The lowest BCUT2D eigenvalue weighted by atomic mass is 9.91. The summed E-state index contributed by atoms with van der Waals surface area (Å²) in [7, 11) is 4.55. The number of ether oxygens (including phenoxy) is 4. The Morgan fingerprint density at radius 1 is 0.775 bits per heavy atom. The van der Waals surface area contributed by atoms with E-state index in [-0.39, 0.29) is 18.6 Å². The molecular weight excluding hydrogens is 506 g/mol. The number of hydrogen-bond acceptors (Lipinski definition) is 6. The predicted molar refractivity (Wildman–Crippen MR) is 152 cm³/mol. The normalized spacial score (nSPS) is 14.2. The highest BCUT2D eigenvalue weighted by Crippen LogP contribution is 2.39. The van der Waals surface area contributed by atoms with E-state index in [1.54, 1.807) is 38.5 Å². The minimum absolute atomic E-state index is 0.0744. The Labute approximate surface area is 233 Å². The van der Waals surface area contributed by atoms with E-state index in [1.165, 1.54) is 7.11 Å². The molecule has 1 aliphatic rings. The van der Waals surface area contributed by atoms with Gasteiger partial charge in [0.25, 0.3) is 5.91 Å². The zero-order valence-corrected chi connectivity index (χ0v) is 22.8. The van der Waals surface area contributed by atoms with Crippen LogP contribution < -0.4 is 14.2 Å². The Balaban J connectivity index is 1.44. The van der Waals surface area contributed by atoms with Crippen LogP contribution in [-0.2, 0) is 11.2 Å². The van der Waals surface area contributed by atoms with Gasteiger partial charge in [-0.05, 0) is 77.2 Å². The summed E-state index contributed by atoms with van der Waals surface area (Å²) in [5.41, 5.74) is 5.22. The average molecular weight is 538 g/mol. The van der Waals surface area contributed by atoms with Crippen molar-refractivity contribution in [1.29, 1.82) is 0 Å². The maximum absolute atomic E-state index is 13.9. The van der Waals surface area contributed by atoms with Gasteiger partial charge in [0.05, 0.1) is 32.9 Å². The minimum Gasteiger partial charge on any atom is -0.493 e. The first-order chi connectivity index (χ1) is 19.5. The Hall–Kier alpha value is -4.78. The van der Waals surface area contributed by atoms with Gasteiger partial charge in [-0.1, -0.05) is 42.5 Å². The lowest BCUT2D eigenvalue weighted by Gasteiger charge is -2.37. The highest BCUT2D eigenvalue weighted by atomic mass is 16.5. The first-order valence-electron chi connectivity index (χ1n) is 13.0. The van der Waals surface area contributed by atoms with E-state index in [0.29, 0.717) is 41.3 Å². The van der Waals surface area contributed by atoms with E-state index in [9.17, 15) is 9.59 Å². The van der Waals surface area contributed by atoms with E-state index in [4.69, 9.17) is 18.9 Å². The van der Waals surface area contributed by atoms with Crippen LogP contribution in [0, 0.1) is 0 Å². The number of esters is 1. The third-order valence-electron chi connectivity index (χ3n) is 7.19. The van der Waals surface area contributed by atoms with E-state index < -0.39 is 5.97 Å². The van der Waals surface area contributed by atoms with Crippen LogP contribution in [0.15, 0.2) is 91.0 Å². The molecule has 4 aromatic carbocycles. The van der Waals surface area contributed by atoms with Crippen molar-refractivity contribution in [3.8, 4) is 28.4 Å². The quantitative estimate of drug-likeness (QED) is 0.258. The van der Waals surface area contributed by atoms with E-state index in [0.717, 1.165) is 22.3 Å². The molecule has 0 saturated carbocycles. The van der Waals surface area contributed by atoms with Gasteiger partial charge in [0.2, 0.25) is 0 Å². The Morgan fingerprint density at radius 3 is 2.05 bits per heavy atom. The monoisotopic (exact) mass is 537 g/mol. The molecule has 0 aromatic heterocycles. The van der Waals surface area contributed by atoms with Crippen LogP contribution in [0.25, 0.3) is 11.1 Å². The zero-order valence-electron chi connectivity index (χ0n) is 22.8. The van der Waals surface area contributed by atoms with Gasteiger partial charge in [0.15, 0.2) is 11.5 Å². The molecule has 1 unspecified atom stereocenters. The van der Waals surface area contributed by atoms with Gasteiger partial charge >= 0.3 is 5.97 Å². The Kier molecular flexibility index (Phi) is 8.01. The molecule has 0 radical (unpaired) electrons. The standard InChI is InChI=1S/C33H31NO6/c1-37-30-19-26-17-18-34(32(35)24-11-9-23(10-12-24)22-7-5-4-6-8-22)29(28(26)20-31(30)38-2)21-40-27-15-13-25(14-16-27)33(36)39-3/h4-16,19-20,29H,17-18,21H2,1-3H3. The summed E-state index contributed by atoms with van der Waals surface area (Å²) in [5, 5.41) is 0. The summed E-state index contributed by atoms with van der Waals surface area (Å²) < 4.78 is 22.1. The van der Waals surface area contributed by atoms with Crippen molar-refractivity contribution in [1.82, 2.24) is 4.90 Å². The van der Waals surface area contributed by atoms with Gasteiger partial charge in [-0.3, -0.25) is 4.79 Å². The summed E-state index contributed by atoms with van der Waals surface area (Å²) in [5.74, 6) is 1.34. The van der Waals surface area contributed by atoms with Gasteiger partial charge < -0.3 is 23.8 Å². The van der Waals surface area contributed by atoms with Crippen LogP contribution in [-0.4, -0.2) is 51.3 Å². The maximum atomic E-state index is 13.9. The van der Waals surface area contributed by atoms with Crippen LogP contribution in [0.4, 0.5) is 0 Å². The molecule has 0 aliphatic carbocycles. The summed E-state index contributed by atoms with van der Waals surface area (Å²) in [4.78, 5) is 27.5. The maximum Gasteiger partial charge on any atom is 0.337 e. The first-order valence-corrected chi connectivity index (χ1v) is 13.0. The van der Waals surface area contributed by atoms with Gasteiger partial charge in [-0.2, -0.15) is 0 Å². The first kappa shape index (κ1) is 26.8. The lowest BCUT2D eigenvalue weighted by molar-refractivity contribution is 0.0583. The van der Waals surface area contributed by atoms with Gasteiger partial charge in [0, 0.05) is 12.1 Å². The zero-order chi connectivity index (χ0) is 28.1. The fourth-order valence-corrected chi connectivity index (χ4v) is 5.03. The second-order valence-electron chi connectivity index (χ2n) is 9.44. The van der Waals surface area contributed by atoms with E-state index >= 15 is 0 Å². The third kappa shape index (κ3) is 5.50. The second-order valence-corrected chi connectivity index (χ2v) is 9.44. The lowest BCUT2D eigenvalue weighted by Crippen LogP contribution is -2.42. The molecule has 0 fully saturated rings. The minimum atomic E-state index is -0.413. The number of benzene rings is 4. The van der Waals surface area contributed by atoms with Gasteiger partial charge in [-0.25, -0.2) is 4.79 Å². The number of carbonyl (C=O) groups is 2. The van der Waals surface area contributed by atoms with Crippen LogP contribution in [0.5, 0.6) is 17.2 Å². The summed E-state index contributed by atoms with van der Waals surface area (Å²) >= 11 is 0. The van der Waals surface area contributed by atoms with Crippen LogP contribution in [0.1, 0.15) is 37.9 Å². The fraction of sp³-hybridized carbons (Fsp3) is 0.212. The van der Waals surface area contributed by atoms with Gasteiger partial charge in [-0.15, -0.1) is 0 Å². The number of rotatable bonds is 8. The Morgan fingerprint density at radius 2 is 1.40 bits per heavy atom. The molecule has 5 rings (SSSR count). The molecule has 204 valence electrons. The van der Waals surface area contributed by atoms with Crippen LogP contribution >= 0.6 is 0 Å². The van der Waals surface area contributed by atoms with Crippen molar-refractivity contribution in [2.45, 2.75) is 12.5 Å². The van der Waals surface area contributed by atoms with Crippen LogP contribution in [0.3, 0.4) is 0 Å². The molecule has 1 aliphatic heterocycles. The van der Waals surface area contributed by atoms with Gasteiger partial charge in [0.1, 0.15) is 12.4 Å². The van der Waals surface area contributed by atoms with Crippen molar-refractivity contribution < 1.29 is 28.5 Å². The Bertz CT molecular complexity index is 1480. The molecule has 7 nitrogen and oxygen atoms in total. The molecule has 0 spiro atoms. The summed E-state index contributed by atoms with van der Waals surface area (Å²) in [6.45, 7) is 0.741. The number of carbonyl (C=O) groups excluding carboxylic acids is 2. The molecule has 0 N–H and O–H groups in total. The predicted octanol–water partition coefficient (Wildman–Crippen LogP) is 5.98. The molecule has 0 bridgehead atoms. The SMILES string of the molecule is COC(=O)c1ccc(OCC2c3cc(OC)c(OC)cc3CCN2C(=O)c2ccc(-c3ccccc3)cc2)cc1. The number of fused-ring (bicyclic) bond motifs is 1. The van der Waals surface area contributed by atoms with E-state index in [1.807, 2.05) is 71.6 Å².